The molecule has 2 aliphatic rings. The molecule has 0 unspecified atom stereocenters. The smallest absolute Gasteiger partial charge is 0.254 e. The number of fused-ring (bicyclic) bond motifs is 2. The van der Waals surface area contributed by atoms with E-state index in [9.17, 15) is 4.79 Å². The average Bonchev–Trinajstić information content (AvgIpc) is 3.03. The van der Waals surface area contributed by atoms with Crippen molar-refractivity contribution in [2.45, 2.75) is 64.5 Å². The molecule has 1 aliphatic heterocycles. The number of nitrogens with zero attached hydrogens (tertiary/aromatic N) is 2. The van der Waals surface area contributed by atoms with Crippen LogP contribution in [0.5, 0.6) is 0 Å². The standard InChI is InChI=1S/C23H28N4O/c1-15-19(17-9-5-6-10-20(17)24-15)13-27-12-11-18-21(14-27)25-22(26-23(18)28)16-7-3-2-4-8-16/h5-6,9-10,16,24H,2-4,7-8,11-14H2,1H3,(H,25,26,28). The van der Waals surface area contributed by atoms with Crippen molar-refractivity contribution in [2.75, 3.05) is 6.54 Å². The molecule has 0 amide bonds. The predicted octanol–water partition coefficient (Wildman–Crippen LogP) is 4.17. The Labute approximate surface area is 165 Å². The second-order valence-corrected chi connectivity index (χ2v) is 8.45. The van der Waals surface area contributed by atoms with Gasteiger partial charge in [-0.3, -0.25) is 9.69 Å². The molecule has 2 aromatic heterocycles. The highest BCUT2D eigenvalue weighted by atomic mass is 16.1. The van der Waals surface area contributed by atoms with Crippen LogP contribution in [0.2, 0.25) is 0 Å². The summed E-state index contributed by atoms with van der Waals surface area (Å²) >= 11 is 0. The number of aromatic amines is 2. The number of H-pyrrole nitrogens is 2. The molecule has 3 aromatic rings. The molecule has 2 N–H and O–H groups in total. The Morgan fingerprint density at radius 1 is 1.14 bits per heavy atom. The van der Waals surface area contributed by atoms with Crippen LogP contribution in [-0.4, -0.2) is 26.4 Å². The monoisotopic (exact) mass is 376 g/mol. The molecule has 5 nitrogen and oxygen atoms in total. The Kier molecular flexibility index (Phi) is 4.55. The summed E-state index contributed by atoms with van der Waals surface area (Å²) in [7, 11) is 0. The molecule has 1 aromatic carbocycles. The summed E-state index contributed by atoms with van der Waals surface area (Å²) in [4.78, 5) is 26.7. The second-order valence-electron chi connectivity index (χ2n) is 8.45. The number of nitrogens with one attached hydrogen (secondary N) is 2. The van der Waals surface area contributed by atoms with Crippen LogP contribution in [-0.2, 0) is 19.5 Å². The molecule has 28 heavy (non-hydrogen) atoms. The summed E-state index contributed by atoms with van der Waals surface area (Å²) in [5.41, 5.74) is 5.76. The lowest BCUT2D eigenvalue weighted by atomic mass is 9.88. The van der Waals surface area contributed by atoms with E-state index in [1.807, 2.05) is 0 Å². The maximum absolute atomic E-state index is 12.7. The molecule has 146 valence electrons. The number of benzene rings is 1. The van der Waals surface area contributed by atoms with Gasteiger partial charge in [0, 0.05) is 47.7 Å². The van der Waals surface area contributed by atoms with Gasteiger partial charge in [-0.1, -0.05) is 37.5 Å². The molecule has 1 aliphatic carbocycles. The van der Waals surface area contributed by atoms with Crippen molar-refractivity contribution in [1.82, 2.24) is 19.9 Å². The van der Waals surface area contributed by atoms with Crippen molar-refractivity contribution >= 4 is 10.9 Å². The van der Waals surface area contributed by atoms with Crippen LogP contribution in [0.4, 0.5) is 0 Å². The zero-order valence-electron chi connectivity index (χ0n) is 16.6. The van der Waals surface area contributed by atoms with Gasteiger partial charge in [-0.25, -0.2) is 4.98 Å². The Morgan fingerprint density at radius 2 is 1.96 bits per heavy atom. The third-order valence-corrected chi connectivity index (χ3v) is 6.57. The number of hydrogen-bond donors (Lipinski definition) is 2. The molecule has 1 saturated carbocycles. The van der Waals surface area contributed by atoms with Crippen LogP contribution in [0.1, 0.15) is 66.4 Å². The van der Waals surface area contributed by atoms with Crippen molar-refractivity contribution in [1.29, 1.82) is 0 Å². The molecule has 5 rings (SSSR count). The third kappa shape index (κ3) is 3.18. The zero-order chi connectivity index (χ0) is 19.1. The van der Waals surface area contributed by atoms with E-state index in [0.29, 0.717) is 5.92 Å². The normalized spacial score (nSPS) is 18.5. The molecular weight excluding hydrogens is 348 g/mol. The van der Waals surface area contributed by atoms with Crippen LogP contribution in [0, 0.1) is 6.92 Å². The third-order valence-electron chi connectivity index (χ3n) is 6.57. The van der Waals surface area contributed by atoms with Crippen molar-refractivity contribution in [3.63, 3.8) is 0 Å². The van der Waals surface area contributed by atoms with Gasteiger partial charge < -0.3 is 9.97 Å². The van der Waals surface area contributed by atoms with Crippen molar-refractivity contribution in [2.24, 2.45) is 0 Å². The van der Waals surface area contributed by atoms with Gasteiger partial charge in [0.2, 0.25) is 0 Å². The predicted molar refractivity (Wildman–Crippen MR) is 112 cm³/mol. The quantitative estimate of drug-likeness (QED) is 0.721. The fourth-order valence-corrected chi connectivity index (χ4v) is 4.98. The number of aromatic nitrogens is 3. The van der Waals surface area contributed by atoms with Gasteiger partial charge >= 0.3 is 0 Å². The van der Waals surface area contributed by atoms with Crippen molar-refractivity contribution in [3.05, 3.63) is 63.0 Å². The Morgan fingerprint density at radius 3 is 2.82 bits per heavy atom. The summed E-state index contributed by atoms with van der Waals surface area (Å²) in [5, 5.41) is 1.30. The molecule has 0 atom stereocenters. The first-order valence-electron chi connectivity index (χ1n) is 10.6. The lowest BCUT2D eigenvalue weighted by molar-refractivity contribution is 0.240. The molecule has 0 saturated heterocycles. The van der Waals surface area contributed by atoms with E-state index < -0.39 is 0 Å². The van der Waals surface area contributed by atoms with Crippen molar-refractivity contribution < 1.29 is 0 Å². The maximum atomic E-state index is 12.7. The van der Waals surface area contributed by atoms with Gasteiger partial charge in [-0.05, 0) is 37.8 Å². The summed E-state index contributed by atoms with van der Waals surface area (Å²) < 4.78 is 0. The summed E-state index contributed by atoms with van der Waals surface area (Å²) in [5.74, 6) is 1.35. The van der Waals surface area contributed by atoms with Crippen LogP contribution in [0.25, 0.3) is 10.9 Å². The van der Waals surface area contributed by atoms with Crippen LogP contribution >= 0.6 is 0 Å². The van der Waals surface area contributed by atoms with Gasteiger partial charge in [0.15, 0.2) is 0 Å². The first-order valence-corrected chi connectivity index (χ1v) is 10.6. The van der Waals surface area contributed by atoms with Gasteiger partial charge in [-0.15, -0.1) is 0 Å². The van der Waals surface area contributed by atoms with E-state index in [4.69, 9.17) is 4.98 Å². The summed E-state index contributed by atoms with van der Waals surface area (Å²) in [6.07, 6.45) is 6.89. The zero-order valence-corrected chi connectivity index (χ0v) is 16.6. The molecule has 5 heteroatoms. The van der Waals surface area contributed by atoms with Gasteiger partial charge in [0.1, 0.15) is 5.82 Å². The van der Waals surface area contributed by atoms with E-state index in [2.05, 4.69) is 46.1 Å². The van der Waals surface area contributed by atoms with Gasteiger partial charge in [0.25, 0.3) is 5.56 Å². The van der Waals surface area contributed by atoms with E-state index in [-0.39, 0.29) is 5.56 Å². The van der Waals surface area contributed by atoms with Crippen LogP contribution < -0.4 is 5.56 Å². The fraction of sp³-hybridized carbons (Fsp3) is 0.478. The molecule has 3 heterocycles. The topological polar surface area (TPSA) is 64.8 Å². The largest absolute Gasteiger partial charge is 0.358 e. The minimum atomic E-state index is 0.0912. The summed E-state index contributed by atoms with van der Waals surface area (Å²) in [6, 6.07) is 8.50. The van der Waals surface area contributed by atoms with E-state index in [1.165, 1.54) is 41.4 Å². The number of rotatable bonds is 3. The van der Waals surface area contributed by atoms with E-state index in [1.54, 1.807) is 0 Å². The Bertz CT molecular complexity index is 1060. The number of hydrogen-bond acceptors (Lipinski definition) is 3. The van der Waals surface area contributed by atoms with Crippen molar-refractivity contribution in [3.8, 4) is 0 Å². The van der Waals surface area contributed by atoms with E-state index in [0.717, 1.165) is 56.0 Å². The first kappa shape index (κ1) is 17.7. The first-order chi connectivity index (χ1) is 13.7. The Balaban J connectivity index is 1.42. The number of para-hydroxylation sites is 1. The molecule has 1 fully saturated rings. The SMILES string of the molecule is Cc1[nH]c2ccccc2c1CN1CCc2c(nc(C3CCCCC3)[nH]c2=O)C1. The second kappa shape index (κ2) is 7.21. The number of aryl methyl sites for hydroxylation is 1. The lowest BCUT2D eigenvalue weighted by Gasteiger charge is -2.29. The summed E-state index contributed by atoms with van der Waals surface area (Å²) in [6.45, 7) is 4.71. The molecule has 0 spiro atoms. The minimum Gasteiger partial charge on any atom is -0.358 e. The van der Waals surface area contributed by atoms with Gasteiger partial charge in [-0.2, -0.15) is 0 Å². The molecular formula is C23H28N4O. The lowest BCUT2D eigenvalue weighted by Crippen LogP contribution is -2.35. The van der Waals surface area contributed by atoms with Crippen LogP contribution in [0.3, 0.4) is 0 Å². The maximum Gasteiger partial charge on any atom is 0.254 e. The highest BCUT2D eigenvalue weighted by molar-refractivity contribution is 5.84. The fourth-order valence-electron chi connectivity index (χ4n) is 4.98. The molecule has 0 bridgehead atoms. The molecule has 0 radical (unpaired) electrons. The Hall–Kier alpha value is -2.40. The van der Waals surface area contributed by atoms with Crippen LogP contribution in [0.15, 0.2) is 29.1 Å². The average molecular weight is 377 g/mol. The van der Waals surface area contributed by atoms with E-state index >= 15 is 0 Å². The van der Waals surface area contributed by atoms with Gasteiger partial charge in [0.05, 0.1) is 5.69 Å². The minimum absolute atomic E-state index is 0.0912. The highest BCUT2D eigenvalue weighted by Crippen LogP contribution is 2.31. The highest BCUT2D eigenvalue weighted by Gasteiger charge is 2.25.